The summed E-state index contributed by atoms with van der Waals surface area (Å²) in [7, 11) is 0. The van der Waals surface area contributed by atoms with E-state index in [0.717, 1.165) is 12.5 Å². The Morgan fingerprint density at radius 1 is 1.62 bits per heavy atom. The third kappa shape index (κ3) is 3.21. The van der Waals surface area contributed by atoms with E-state index in [0.29, 0.717) is 6.45 Å². The molecule has 0 amide bonds. The Morgan fingerprint density at radius 3 is 2.88 bits per heavy atom. The zero-order chi connectivity index (χ0) is 5.82. The van der Waals surface area contributed by atoms with E-state index in [9.17, 15) is 0 Å². The van der Waals surface area contributed by atoms with E-state index < -0.39 is 0 Å². The molecule has 1 aliphatic rings. The fraction of sp³-hybridized carbons (Fsp3) is 1.00. The maximum absolute atomic E-state index is 5.20. The lowest BCUT2D eigenvalue weighted by Crippen LogP contribution is -1.84. The van der Waals surface area contributed by atoms with Gasteiger partial charge in [-0.05, 0) is 34.4 Å². The maximum atomic E-state index is 5.20. The van der Waals surface area contributed by atoms with Gasteiger partial charge in [0.1, 0.15) is 0 Å². The highest BCUT2D eigenvalue weighted by molar-refractivity contribution is 14.2. The number of hydrogen-bond acceptors (Lipinski definition) is 1. The van der Waals surface area contributed by atoms with E-state index in [1.807, 2.05) is 0 Å². The van der Waals surface area contributed by atoms with Crippen molar-refractivity contribution in [2.45, 2.75) is 19.3 Å². The largest absolute Gasteiger partial charge is 0.352 e. The van der Waals surface area contributed by atoms with E-state index >= 15 is 0 Å². The zero-order valence-corrected chi connectivity index (χ0v) is 7.85. The highest BCUT2D eigenvalue weighted by Crippen LogP contribution is 2.33. The van der Waals surface area contributed by atoms with Crippen LogP contribution in [0.25, 0.3) is 0 Å². The third-order valence-electron chi connectivity index (χ3n) is 1.38. The summed E-state index contributed by atoms with van der Waals surface area (Å²) in [6, 6.07) is 0. The molecule has 1 saturated carbocycles. The van der Waals surface area contributed by atoms with Gasteiger partial charge in [-0.3, -0.25) is 0 Å². The summed E-state index contributed by atoms with van der Waals surface area (Å²) in [5.41, 5.74) is 0. The molecule has 0 heterocycles. The summed E-state index contributed by atoms with van der Waals surface area (Å²) >= 11 is 2.26. The third-order valence-corrected chi connectivity index (χ3v) is 2.63. The lowest BCUT2D eigenvalue weighted by Gasteiger charge is -1.94. The minimum atomic E-state index is 0.655. The van der Waals surface area contributed by atoms with Gasteiger partial charge in [0.2, 0.25) is 0 Å². The van der Waals surface area contributed by atoms with Crippen molar-refractivity contribution >= 4 is 28.5 Å². The van der Waals surface area contributed by atoms with Gasteiger partial charge in [-0.25, -0.2) is 0 Å². The van der Waals surface area contributed by atoms with Gasteiger partial charge < -0.3 is 4.52 Å². The predicted molar refractivity (Wildman–Crippen MR) is 45.6 cm³/mol. The van der Waals surface area contributed by atoms with Crippen molar-refractivity contribution in [3.8, 4) is 0 Å². The van der Waals surface area contributed by atoms with Crippen molar-refractivity contribution < 1.29 is 4.52 Å². The van der Waals surface area contributed by atoms with Gasteiger partial charge >= 0.3 is 0 Å². The van der Waals surface area contributed by atoms with Crippen LogP contribution in [-0.2, 0) is 4.52 Å². The molecule has 1 nitrogen and oxygen atoms in total. The van der Waals surface area contributed by atoms with Crippen molar-refractivity contribution in [1.29, 1.82) is 0 Å². The summed E-state index contributed by atoms with van der Waals surface area (Å²) in [5.74, 6) is 1.03. The van der Waals surface area contributed by atoms with Crippen LogP contribution in [0.15, 0.2) is 0 Å². The molecule has 1 aliphatic carbocycles. The van der Waals surface area contributed by atoms with Gasteiger partial charge in [0.25, 0.3) is 0 Å². The van der Waals surface area contributed by atoms with Crippen LogP contribution in [0.2, 0.25) is 0 Å². The molecule has 3 heteroatoms. The van der Waals surface area contributed by atoms with Gasteiger partial charge in [0, 0.05) is 0 Å². The Morgan fingerprint density at radius 2 is 2.38 bits per heavy atom. The van der Waals surface area contributed by atoms with Crippen LogP contribution < -0.4 is 0 Å². The summed E-state index contributed by atoms with van der Waals surface area (Å²) in [4.78, 5) is 0. The smallest absolute Gasteiger partial charge is 0.0793 e. The average molecular weight is 244 g/mol. The highest BCUT2D eigenvalue weighted by atomic mass is 127. The van der Waals surface area contributed by atoms with Crippen LogP contribution in [0.5, 0.6) is 0 Å². The molecule has 1 rings (SSSR count). The molecule has 0 radical (unpaired) electrons. The second-order valence-corrected chi connectivity index (χ2v) is 3.92. The minimum absolute atomic E-state index is 0.655. The van der Waals surface area contributed by atoms with E-state index in [1.165, 1.54) is 19.3 Å². The van der Waals surface area contributed by atoms with Crippen LogP contribution in [0.3, 0.4) is 0 Å². The Balaban J connectivity index is 1.74. The SMILES string of the molecule is IPOCCC1CC1. The Bertz CT molecular complexity index is 65.4. The molecule has 1 unspecified atom stereocenters. The fourth-order valence-electron chi connectivity index (χ4n) is 0.671. The van der Waals surface area contributed by atoms with Crippen LogP contribution in [0.4, 0.5) is 0 Å². The quantitative estimate of drug-likeness (QED) is 0.419. The number of rotatable bonds is 4. The second-order valence-electron chi connectivity index (χ2n) is 2.16. The first-order chi connectivity index (χ1) is 3.93. The van der Waals surface area contributed by atoms with E-state index in [1.54, 1.807) is 0 Å². The Kier molecular flexibility index (Phi) is 3.63. The first-order valence-corrected chi connectivity index (χ1v) is 6.93. The topological polar surface area (TPSA) is 9.23 Å². The highest BCUT2D eigenvalue weighted by Gasteiger charge is 2.20. The molecule has 1 atom stereocenters. The van der Waals surface area contributed by atoms with Crippen molar-refractivity contribution in [3.63, 3.8) is 0 Å². The zero-order valence-electron chi connectivity index (χ0n) is 4.69. The monoisotopic (exact) mass is 244 g/mol. The summed E-state index contributed by atoms with van der Waals surface area (Å²) in [6.07, 6.45) is 4.21. The predicted octanol–water partition coefficient (Wildman–Crippen LogP) is 2.75. The van der Waals surface area contributed by atoms with Crippen LogP contribution in [0.1, 0.15) is 19.3 Å². The van der Waals surface area contributed by atoms with Gasteiger partial charge in [0.05, 0.1) is 13.1 Å². The summed E-state index contributed by atoms with van der Waals surface area (Å²) in [6.45, 7) is 1.65. The number of halogens is 1. The molecule has 0 aliphatic heterocycles. The van der Waals surface area contributed by atoms with Crippen molar-refractivity contribution in [1.82, 2.24) is 0 Å². The Hall–Kier alpha value is 1.12. The summed E-state index contributed by atoms with van der Waals surface area (Å²) < 4.78 is 5.20. The minimum Gasteiger partial charge on any atom is -0.352 e. The van der Waals surface area contributed by atoms with Gasteiger partial charge in [0.15, 0.2) is 0 Å². The molecular formula is C5H10IOP. The molecule has 0 saturated heterocycles. The van der Waals surface area contributed by atoms with Gasteiger partial charge in [-0.1, -0.05) is 12.8 Å². The number of hydrogen-bond donors (Lipinski definition) is 0. The summed E-state index contributed by atoms with van der Waals surface area (Å²) in [5, 5.41) is 0. The molecule has 1 fully saturated rings. The Labute approximate surface area is 64.9 Å². The van der Waals surface area contributed by atoms with Crippen LogP contribution >= 0.6 is 28.5 Å². The van der Waals surface area contributed by atoms with E-state index in [4.69, 9.17) is 4.52 Å². The molecular weight excluding hydrogens is 234 g/mol. The van der Waals surface area contributed by atoms with Gasteiger partial charge in [-0.15, -0.1) is 0 Å². The average Bonchev–Trinajstić information content (AvgIpc) is 2.51. The first-order valence-electron chi connectivity index (χ1n) is 2.91. The second kappa shape index (κ2) is 4.02. The van der Waals surface area contributed by atoms with Crippen LogP contribution in [0, 0.1) is 5.92 Å². The lowest BCUT2D eigenvalue weighted by atomic mass is 10.3. The molecule has 0 N–H and O–H groups in total. The maximum Gasteiger partial charge on any atom is 0.0793 e. The van der Waals surface area contributed by atoms with E-state index in [2.05, 4.69) is 22.0 Å². The van der Waals surface area contributed by atoms with Crippen LogP contribution in [-0.4, -0.2) is 6.61 Å². The first kappa shape index (κ1) is 7.23. The molecule has 48 valence electrons. The fourth-order valence-corrected chi connectivity index (χ4v) is 1.53. The molecule has 8 heavy (non-hydrogen) atoms. The van der Waals surface area contributed by atoms with Crippen molar-refractivity contribution in [2.24, 2.45) is 5.92 Å². The standard InChI is InChI=1S/C5H10IOP/c6-8-7-4-3-5-1-2-5/h5,8H,1-4H2. The molecule has 0 aromatic heterocycles. The molecule has 0 aromatic rings. The van der Waals surface area contributed by atoms with E-state index in [-0.39, 0.29) is 0 Å². The van der Waals surface area contributed by atoms with Crippen molar-refractivity contribution in [2.75, 3.05) is 6.61 Å². The molecule has 0 spiro atoms. The normalized spacial score (nSPS) is 20.6. The molecule has 0 bridgehead atoms. The van der Waals surface area contributed by atoms with Gasteiger partial charge in [-0.2, -0.15) is 0 Å². The molecule has 0 aromatic carbocycles. The van der Waals surface area contributed by atoms with Crippen molar-refractivity contribution in [3.05, 3.63) is 0 Å². The lowest BCUT2D eigenvalue weighted by molar-refractivity contribution is 0.350.